The van der Waals surface area contributed by atoms with E-state index < -0.39 is 6.10 Å². The molecular formula is C63H104O6. The molecule has 0 saturated carbocycles. The number of allylic oxidation sites excluding steroid dienone is 18. The fraction of sp³-hybridized carbons (Fsp3) is 0.667. The quantitative estimate of drug-likeness (QED) is 0.0262. The Morgan fingerprint density at radius 1 is 0.304 bits per heavy atom. The van der Waals surface area contributed by atoms with Crippen molar-refractivity contribution >= 4 is 17.9 Å². The average Bonchev–Trinajstić information content (AvgIpc) is 3.35. The van der Waals surface area contributed by atoms with Gasteiger partial charge in [-0.3, -0.25) is 14.4 Å². The summed E-state index contributed by atoms with van der Waals surface area (Å²) >= 11 is 0. The van der Waals surface area contributed by atoms with Gasteiger partial charge in [-0.25, -0.2) is 0 Å². The van der Waals surface area contributed by atoms with E-state index in [0.29, 0.717) is 19.3 Å². The zero-order chi connectivity index (χ0) is 50.0. The van der Waals surface area contributed by atoms with Crippen LogP contribution in [0, 0.1) is 0 Å². The van der Waals surface area contributed by atoms with Crippen LogP contribution in [0.4, 0.5) is 0 Å². The predicted molar refractivity (Wildman–Crippen MR) is 297 cm³/mol. The van der Waals surface area contributed by atoms with Crippen LogP contribution in [-0.4, -0.2) is 37.2 Å². The summed E-state index contributed by atoms with van der Waals surface area (Å²) in [5.41, 5.74) is 0. The SMILES string of the molecule is CC/C=C\C/C=C\C/C=C\C/C=C\C/C=C\C/C=C\CCCCCCCCC(=O)OCC(COC(=O)CCCCCCC/C=C\CCC)OC(=O)CCCCCCC/C=C\C/C=C\CCCCCC. The van der Waals surface area contributed by atoms with Gasteiger partial charge in [0.15, 0.2) is 6.10 Å². The Bertz CT molecular complexity index is 1420. The van der Waals surface area contributed by atoms with Crippen molar-refractivity contribution in [1.82, 2.24) is 0 Å². The van der Waals surface area contributed by atoms with Crippen LogP contribution in [0.25, 0.3) is 0 Å². The minimum atomic E-state index is -0.796. The number of hydrogen-bond acceptors (Lipinski definition) is 6. The van der Waals surface area contributed by atoms with Crippen molar-refractivity contribution in [3.05, 3.63) is 109 Å². The normalized spacial score (nSPS) is 12.9. The number of ether oxygens (including phenoxy) is 3. The van der Waals surface area contributed by atoms with Gasteiger partial charge in [-0.2, -0.15) is 0 Å². The van der Waals surface area contributed by atoms with Gasteiger partial charge in [0.2, 0.25) is 0 Å². The van der Waals surface area contributed by atoms with Crippen LogP contribution >= 0.6 is 0 Å². The van der Waals surface area contributed by atoms with Crippen LogP contribution in [0.5, 0.6) is 0 Å². The highest BCUT2D eigenvalue weighted by Crippen LogP contribution is 2.14. The zero-order valence-corrected chi connectivity index (χ0v) is 44.8. The Labute approximate surface area is 425 Å². The maximum absolute atomic E-state index is 12.8. The van der Waals surface area contributed by atoms with E-state index in [2.05, 4.69) is 130 Å². The molecule has 6 heteroatoms. The van der Waals surface area contributed by atoms with E-state index in [-0.39, 0.29) is 31.1 Å². The van der Waals surface area contributed by atoms with E-state index in [4.69, 9.17) is 14.2 Å². The largest absolute Gasteiger partial charge is 0.462 e. The molecule has 0 aromatic heterocycles. The van der Waals surface area contributed by atoms with E-state index >= 15 is 0 Å². The molecule has 0 fully saturated rings. The Morgan fingerprint density at radius 3 is 0.957 bits per heavy atom. The summed E-state index contributed by atoms with van der Waals surface area (Å²) in [7, 11) is 0. The summed E-state index contributed by atoms with van der Waals surface area (Å²) in [5.74, 6) is -0.935. The first-order valence-corrected chi connectivity index (χ1v) is 28.4. The third-order valence-corrected chi connectivity index (χ3v) is 11.7. The number of unbranched alkanes of at least 4 members (excludes halogenated alkanes) is 21. The highest BCUT2D eigenvalue weighted by atomic mass is 16.6. The zero-order valence-electron chi connectivity index (χ0n) is 44.8. The highest BCUT2D eigenvalue weighted by Gasteiger charge is 2.19. The van der Waals surface area contributed by atoms with Crippen LogP contribution < -0.4 is 0 Å². The van der Waals surface area contributed by atoms with Gasteiger partial charge in [0.25, 0.3) is 0 Å². The van der Waals surface area contributed by atoms with E-state index in [1.54, 1.807) is 0 Å². The molecule has 0 aromatic rings. The smallest absolute Gasteiger partial charge is 0.306 e. The maximum Gasteiger partial charge on any atom is 0.306 e. The van der Waals surface area contributed by atoms with E-state index in [9.17, 15) is 14.4 Å². The van der Waals surface area contributed by atoms with Gasteiger partial charge < -0.3 is 14.2 Å². The molecule has 1 unspecified atom stereocenters. The van der Waals surface area contributed by atoms with Crippen LogP contribution in [0.2, 0.25) is 0 Å². The van der Waals surface area contributed by atoms with Crippen LogP contribution in [-0.2, 0) is 28.6 Å². The molecule has 1 atom stereocenters. The lowest BCUT2D eigenvalue weighted by Crippen LogP contribution is -2.30. The number of hydrogen-bond donors (Lipinski definition) is 0. The topological polar surface area (TPSA) is 78.9 Å². The lowest BCUT2D eigenvalue weighted by molar-refractivity contribution is -0.167. The molecule has 6 nitrogen and oxygen atoms in total. The predicted octanol–water partition coefficient (Wildman–Crippen LogP) is 19.1. The molecule has 392 valence electrons. The molecule has 0 heterocycles. The van der Waals surface area contributed by atoms with Crippen molar-refractivity contribution in [2.75, 3.05) is 13.2 Å². The number of rotatable bonds is 50. The molecular weight excluding hydrogens is 853 g/mol. The van der Waals surface area contributed by atoms with Crippen molar-refractivity contribution < 1.29 is 28.6 Å². The fourth-order valence-electron chi connectivity index (χ4n) is 7.48. The Morgan fingerprint density at radius 2 is 0.594 bits per heavy atom. The van der Waals surface area contributed by atoms with Gasteiger partial charge in [0, 0.05) is 19.3 Å². The van der Waals surface area contributed by atoms with Crippen molar-refractivity contribution in [3.8, 4) is 0 Å². The van der Waals surface area contributed by atoms with E-state index in [1.807, 2.05) is 0 Å². The minimum Gasteiger partial charge on any atom is -0.462 e. The van der Waals surface area contributed by atoms with Crippen molar-refractivity contribution in [2.24, 2.45) is 0 Å². The van der Waals surface area contributed by atoms with Gasteiger partial charge in [-0.15, -0.1) is 0 Å². The van der Waals surface area contributed by atoms with E-state index in [0.717, 1.165) is 154 Å². The molecule has 0 aliphatic carbocycles. The van der Waals surface area contributed by atoms with Crippen LogP contribution in [0.3, 0.4) is 0 Å². The Hall–Kier alpha value is -3.93. The molecule has 0 N–H and O–H groups in total. The third-order valence-electron chi connectivity index (χ3n) is 11.7. The van der Waals surface area contributed by atoms with Gasteiger partial charge in [-0.1, -0.05) is 220 Å². The summed E-state index contributed by atoms with van der Waals surface area (Å²) < 4.78 is 16.8. The number of carbonyl (C=O) groups excluding carboxylic acids is 3. The molecule has 0 aliphatic rings. The van der Waals surface area contributed by atoms with Gasteiger partial charge in [0.1, 0.15) is 13.2 Å². The standard InChI is InChI=1S/C63H104O6/c1-4-7-10-13-16-19-22-24-26-28-29-30-31-32-33-34-35-36-38-39-41-44-47-50-53-56-62(65)68-59-60(58-67-61(64)55-52-49-46-43-21-18-15-12-9-6-3)69-63(66)57-54-51-48-45-42-40-37-27-25-23-20-17-14-11-8-5-2/h7,10,12,15-16,19-20,23-24,26-27,29-30,32-33,35-37,60H,4-6,8-9,11,13-14,17-18,21-22,25,28,31,34,38-59H2,1-3H3/b10-7-,15-12-,19-16-,23-20-,26-24-,30-29-,33-32-,36-35-,37-27-. The van der Waals surface area contributed by atoms with E-state index in [1.165, 1.54) is 57.8 Å². The second-order valence-electron chi connectivity index (χ2n) is 18.5. The molecule has 0 saturated heterocycles. The molecule has 0 radical (unpaired) electrons. The molecule has 0 bridgehead atoms. The Balaban J connectivity index is 4.35. The second-order valence-corrected chi connectivity index (χ2v) is 18.5. The van der Waals surface area contributed by atoms with Crippen LogP contribution in [0.15, 0.2) is 109 Å². The summed E-state index contributed by atoms with van der Waals surface area (Å²) in [6.07, 6.45) is 76.5. The summed E-state index contributed by atoms with van der Waals surface area (Å²) in [4.78, 5) is 38.0. The molecule has 0 rings (SSSR count). The molecule has 0 amide bonds. The lowest BCUT2D eigenvalue weighted by Gasteiger charge is -2.18. The molecule has 0 spiro atoms. The third kappa shape index (κ3) is 54.9. The summed E-state index contributed by atoms with van der Waals surface area (Å²) in [5, 5.41) is 0. The Kier molecular flexibility index (Phi) is 53.4. The minimum absolute atomic E-state index is 0.0945. The van der Waals surface area contributed by atoms with Gasteiger partial charge in [0.05, 0.1) is 0 Å². The first-order valence-electron chi connectivity index (χ1n) is 28.4. The molecule has 0 aliphatic heterocycles. The maximum atomic E-state index is 12.8. The molecule has 0 aromatic carbocycles. The summed E-state index contributed by atoms with van der Waals surface area (Å²) in [6.45, 7) is 6.41. The van der Waals surface area contributed by atoms with Crippen LogP contribution in [0.1, 0.15) is 252 Å². The second kappa shape index (κ2) is 56.7. The number of carbonyl (C=O) groups is 3. The fourth-order valence-corrected chi connectivity index (χ4v) is 7.48. The average molecular weight is 958 g/mol. The first-order chi connectivity index (χ1) is 34.0. The summed E-state index contributed by atoms with van der Waals surface area (Å²) in [6, 6.07) is 0. The van der Waals surface area contributed by atoms with Crippen molar-refractivity contribution in [3.63, 3.8) is 0 Å². The molecule has 69 heavy (non-hydrogen) atoms. The monoisotopic (exact) mass is 957 g/mol. The van der Waals surface area contributed by atoms with Crippen molar-refractivity contribution in [1.29, 1.82) is 0 Å². The highest BCUT2D eigenvalue weighted by molar-refractivity contribution is 5.71. The lowest BCUT2D eigenvalue weighted by atomic mass is 10.1. The van der Waals surface area contributed by atoms with Crippen molar-refractivity contribution in [2.45, 2.75) is 258 Å². The first kappa shape index (κ1) is 65.1. The number of esters is 3. The van der Waals surface area contributed by atoms with Gasteiger partial charge >= 0.3 is 17.9 Å². The van der Waals surface area contributed by atoms with Gasteiger partial charge in [-0.05, 0) is 122 Å².